The lowest BCUT2D eigenvalue weighted by molar-refractivity contribution is -0.386. The van der Waals surface area contributed by atoms with Gasteiger partial charge in [0.05, 0.1) is 4.92 Å². The van der Waals surface area contributed by atoms with Crippen LogP contribution in [0.2, 0.25) is 0 Å². The molecule has 0 atom stereocenters. The Labute approximate surface area is 106 Å². The van der Waals surface area contributed by atoms with E-state index in [1.165, 1.54) is 0 Å². The summed E-state index contributed by atoms with van der Waals surface area (Å²) in [6, 6.07) is -0.0423. The molecule has 5 nitrogen and oxygen atoms in total. The SMILES string of the molecule is O=C(Cl)c1cc(C(F)(F)F)nc(C(F)F)c1[N+](=O)[O-]. The van der Waals surface area contributed by atoms with Crippen molar-refractivity contribution >= 4 is 22.5 Å². The number of nitrogens with zero attached hydrogens (tertiary/aromatic N) is 2. The van der Waals surface area contributed by atoms with Gasteiger partial charge in [-0.3, -0.25) is 14.9 Å². The second kappa shape index (κ2) is 5.03. The number of aromatic nitrogens is 1. The smallest absolute Gasteiger partial charge is 0.275 e. The molecule has 0 bridgehead atoms. The van der Waals surface area contributed by atoms with Crippen molar-refractivity contribution in [1.82, 2.24) is 4.98 Å². The predicted octanol–water partition coefficient (Wildman–Crippen LogP) is 3.33. The minimum Gasteiger partial charge on any atom is -0.275 e. The van der Waals surface area contributed by atoms with Crippen LogP contribution in [0.25, 0.3) is 0 Å². The van der Waals surface area contributed by atoms with Gasteiger partial charge in [0.25, 0.3) is 11.7 Å². The van der Waals surface area contributed by atoms with E-state index in [2.05, 4.69) is 4.98 Å². The maximum atomic E-state index is 12.5. The third-order valence-corrected chi connectivity index (χ3v) is 2.11. The first-order valence-electron chi connectivity index (χ1n) is 4.30. The number of carbonyl (C=O) groups excluding carboxylic acids is 1. The third-order valence-electron chi connectivity index (χ3n) is 1.91. The van der Waals surface area contributed by atoms with Gasteiger partial charge < -0.3 is 0 Å². The first kappa shape index (κ1) is 15.2. The molecular weight excluding hydrogens is 303 g/mol. The molecule has 0 fully saturated rings. The fourth-order valence-corrected chi connectivity index (χ4v) is 1.34. The number of rotatable bonds is 3. The normalized spacial score (nSPS) is 11.7. The van der Waals surface area contributed by atoms with E-state index in [0.717, 1.165) is 0 Å². The van der Waals surface area contributed by atoms with Gasteiger partial charge in [-0.15, -0.1) is 0 Å². The van der Waals surface area contributed by atoms with Gasteiger partial charge in [-0.25, -0.2) is 13.8 Å². The van der Waals surface area contributed by atoms with Crippen LogP contribution in [0.4, 0.5) is 27.6 Å². The van der Waals surface area contributed by atoms with Crippen molar-refractivity contribution in [2.24, 2.45) is 0 Å². The number of pyridine rings is 1. The summed E-state index contributed by atoms with van der Waals surface area (Å²) in [5, 5.41) is 8.89. The van der Waals surface area contributed by atoms with Crippen LogP contribution in [0.15, 0.2) is 6.07 Å². The van der Waals surface area contributed by atoms with Gasteiger partial charge in [-0.2, -0.15) is 13.2 Å². The molecule has 104 valence electrons. The Kier molecular flexibility index (Phi) is 4.03. The van der Waals surface area contributed by atoms with E-state index in [1.807, 2.05) is 0 Å². The van der Waals surface area contributed by atoms with Crippen LogP contribution in [0.5, 0.6) is 0 Å². The molecule has 0 aliphatic rings. The Balaban J connectivity index is 3.73. The summed E-state index contributed by atoms with van der Waals surface area (Å²) in [5.74, 6) is 0. The first-order valence-corrected chi connectivity index (χ1v) is 4.68. The van der Waals surface area contributed by atoms with Crippen molar-refractivity contribution < 1.29 is 31.7 Å². The van der Waals surface area contributed by atoms with E-state index >= 15 is 0 Å². The Bertz CT molecular complexity index is 546. The van der Waals surface area contributed by atoms with Gasteiger partial charge in [-0.05, 0) is 17.7 Å². The van der Waals surface area contributed by atoms with Crippen molar-refractivity contribution in [3.8, 4) is 0 Å². The number of carbonyl (C=O) groups is 1. The Morgan fingerprint density at radius 3 is 2.26 bits per heavy atom. The minimum absolute atomic E-state index is 0.0423. The van der Waals surface area contributed by atoms with Crippen LogP contribution >= 0.6 is 11.6 Å². The molecule has 0 saturated heterocycles. The van der Waals surface area contributed by atoms with Crippen LogP contribution in [0.1, 0.15) is 28.2 Å². The van der Waals surface area contributed by atoms with Crippen molar-refractivity contribution in [3.05, 3.63) is 33.1 Å². The van der Waals surface area contributed by atoms with Crippen LogP contribution in [0, 0.1) is 10.1 Å². The lowest BCUT2D eigenvalue weighted by atomic mass is 10.1. The number of nitro groups is 1. The quantitative estimate of drug-likeness (QED) is 0.371. The zero-order valence-corrected chi connectivity index (χ0v) is 9.30. The van der Waals surface area contributed by atoms with Gasteiger partial charge >= 0.3 is 11.9 Å². The maximum Gasteiger partial charge on any atom is 0.433 e. The molecule has 0 aliphatic carbocycles. The molecule has 1 aromatic heterocycles. The monoisotopic (exact) mass is 304 g/mol. The molecule has 0 unspecified atom stereocenters. The van der Waals surface area contributed by atoms with Gasteiger partial charge in [0, 0.05) is 0 Å². The highest BCUT2D eigenvalue weighted by Gasteiger charge is 2.39. The zero-order valence-electron chi connectivity index (χ0n) is 8.54. The van der Waals surface area contributed by atoms with Crippen LogP contribution in [0.3, 0.4) is 0 Å². The summed E-state index contributed by atoms with van der Waals surface area (Å²) < 4.78 is 62.1. The van der Waals surface area contributed by atoms with Crippen molar-refractivity contribution in [2.45, 2.75) is 12.6 Å². The highest BCUT2D eigenvalue weighted by molar-refractivity contribution is 6.68. The molecule has 0 radical (unpaired) electrons. The van der Waals surface area contributed by atoms with E-state index in [4.69, 9.17) is 11.6 Å². The van der Waals surface area contributed by atoms with E-state index in [0.29, 0.717) is 0 Å². The van der Waals surface area contributed by atoms with E-state index in [1.54, 1.807) is 0 Å². The van der Waals surface area contributed by atoms with Gasteiger partial charge in [0.2, 0.25) is 0 Å². The lowest BCUT2D eigenvalue weighted by Crippen LogP contribution is -2.14. The standard InChI is InChI=1S/C8H2ClF5N2O3/c9-6(17)2-1-3(8(12,13)14)15-4(7(10)11)5(2)16(18)19/h1,7H. The molecule has 0 N–H and O–H groups in total. The topological polar surface area (TPSA) is 73.1 Å². The van der Waals surface area contributed by atoms with Crippen molar-refractivity contribution in [2.75, 3.05) is 0 Å². The number of hydrogen-bond donors (Lipinski definition) is 0. The summed E-state index contributed by atoms with van der Waals surface area (Å²) in [7, 11) is 0. The molecular formula is C8H2ClF5N2O3. The Morgan fingerprint density at radius 2 is 1.95 bits per heavy atom. The number of halogens is 6. The summed E-state index contributed by atoms with van der Waals surface area (Å²) in [5.41, 5.74) is -6.45. The second-order valence-corrected chi connectivity index (χ2v) is 3.46. The highest BCUT2D eigenvalue weighted by Crippen LogP contribution is 2.36. The van der Waals surface area contributed by atoms with E-state index < -0.39 is 45.4 Å². The highest BCUT2D eigenvalue weighted by atomic mass is 35.5. The largest absolute Gasteiger partial charge is 0.433 e. The third kappa shape index (κ3) is 3.13. The Hall–Kier alpha value is -1.84. The molecule has 0 spiro atoms. The predicted molar refractivity (Wildman–Crippen MR) is 51.0 cm³/mol. The van der Waals surface area contributed by atoms with Crippen molar-refractivity contribution in [1.29, 1.82) is 0 Å². The molecule has 0 amide bonds. The second-order valence-electron chi connectivity index (χ2n) is 3.12. The summed E-state index contributed by atoms with van der Waals surface area (Å²) in [6.45, 7) is 0. The van der Waals surface area contributed by atoms with Gasteiger partial charge in [-0.1, -0.05) is 0 Å². The molecule has 0 aliphatic heterocycles. The minimum atomic E-state index is -5.15. The van der Waals surface area contributed by atoms with Crippen LogP contribution < -0.4 is 0 Å². The van der Waals surface area contributed by atoms with Gasteiger partial charge in [0.15, 0.2) is 5.69 Å². The average Bonchev–Trinajstić information content (AvgIpc) is 2.25. The fraction of sp³-hybridized carbons (Fsp3) is 0.250. The first-order chi connectivity index (χ1) is 8.55. The average molecular weight is 305 g/mol. The fourth-order valence-electron chi connectivity index (χ4n) is 1.20. The van der Waals surface area contributed by atoms with Crippen LogP contribution in [-0.2, 0) is 6.18 Å². The van der Waals surface area contributed by atoms with E-state index in [9.17, 15) is 36.9 Å². The summed E-state index contributed by atoms with van der Waals surface area (Å²) in [4.78, 5) is 22.4. The molecule has 11 heteroatoms. The number of hydrogen-bond acceptors (Lipinski definition) is 4. The summed E-state index contributed by atoms with van der Waals surface area (Å²) >= 11 is 4.87. The molecule has 1 rings (SSSR count). The molecule has 19 heavy (non-hydrogen) atoms. The summed E-state index contributed by atoms with van der Waals surface area (Å²) in [6.07, 6.45) is -8.82. The zero-order chi connectivity index (χ0) is 15.0. The van der Waals surface area contributed by atoms with Gasteiger partial charge in [0.1, 0.15) is 11.3 Å². The molecule has 1 heterocycles. The maximum absolute atomic E-state index is 12.5. The molecule has 0 saturated carbocycles. The van der Waals surface area contributed by atoms with Crippen LogP contribution in [-0.4, -0.2) is 15.1 Å². The van der Waals surface area contributed by atoms with Crippen molar-refractivity contribution in [3.63, 3.8) is 0 Å². The van der Waals surface area contributed by atoms with E-state index in [-0.39, 0.29) is 6.07 Å². The number of alkyl halides is 5. The Morgan fingerprint density at radius 1 is 1.42 bits per heavy atom. The lowest BCUT2D eigenvalue weighted by Gasteiger charge is -2.10. The molecule has 0 aromatic carbocycles. The molecule has 1 aromatic rings.